The van der Waals surface area contributed by atoms with Crippen molar-refractivity contribution in [1.82, 2.24) is 15.2 Å². The van der Waals surface area contributed by atoms with Crippen LogP contribution < -0.4 is 5.32 Å². The van der Waals surface area contributed by atoms with Gasteiger partial charge in [-0.15, -0.1) is 11.3 Å². The Kier molecular flexibility index (Phi) is 8.33. The van der Waals surface area contributed by atoms with Gasteiger partial charge < -0.3 is 10.2 Å². The summed E-state index contributed by atoms with van der Waals surface area (Å²) in [6.45, 7) is 13.1. The summed E-state index contributed by atoms with van der Waals surface area (Å²) >= 11 is 1.68. The van der Waals surface area contributed by atoms with Crippen molar-refractivity contribution >= 4 is 23.2 Å². The van der Waals surface area contributed by atoms with Gasteiger partial charge in [0.15, 0.2) is 0 Å². The molecule has 1 aromatic heterocycles. The molecule has 180 valence electrons. The highest BCUT2D eigenvalue weighted by Crippen LogP contribution is 2.31. The monoisotopic (exact) mass is 469 g/mol. The molecule has 1 aliphatic heterocycles. The Hall–Kier alpha value is -2.21. The first kappa shape index (κ1) is 25.4. The van der Waals surface area contributed by atoms with Crippen molar-refractivity contribution in [3.05, 3.63) is 41.0 Å². The van der Waals surface area contributed by atoms with Gasteiger partial charge in [0.1, 0.15) is 6.04 Å². The van der Waals surface area contributed by atoms with Crippen molar-refractivity contribution in [3.8, 4) is 10.4 Å². The fourth-order valence-corrected chi connectivity index (χ4v) is 5.11. The third-order valence-corrected chi connectivity index (χ3v) is 7.87. The Morgan fingerprint density at radius 1 is 1.21 bits per heavy atom. The molecule has 2 amide bonds. The quantitative estimate of drug-likeness (QED) is 0.515. The lowest BCUT2D eigenvalue weighted by Crippen LogP contribution is -2.49. The molecule has 33 heavy (non-hydrogen) atoms. The number of thiazole rings is 1. The van der Waals surface area contributed by atoms with Gasteiger partial charge in [-0.2, -0.15) is 0 Å². The minimum atomic E-state index is -0.373. The van der Waals surface area contributed by atoms with E-state index in [0.717, 1.165) is 37.7 Å². The van der Waals surface area contributed by atoms with Gasteiger partial charge in [-0.05, 0) is 49.1 Å². The second-order valence-electron chi connectivity index (χ2n) is 10.4. The fourth-order valence-electron chi connectivity index (χ4n) is 4.26. The summed E-state index contributed by atoms with van der Waals surface area (Å²) in [4.78, 5) is 33.7. The lowest BCUT2D eigenvalue weighted by Gasteiger charge is -2.33. The summed E-state index contributed by atoms with van der Waals surface area (Å²) < 4.78 is 0. The van der Waals surface area contributed by atoms with Crippen molar-refractivity contribution in [1.29, 1.82) is 0 Å². The number of aryl methyl sites for hydroxylation is 1. The number of amides is 2. The van der Waals surface area contributed by atoms with Crippen LogP contribution in [0.4, 0.5) is 0 Å². The predicted octanol–water partition coefficient (Wildman–Crippen LogP) is 6.00. The fraction of sp³-hybridized carbons (Fsp3) is 0.593. The molecule has 3 rings (SSSR count). The third kappa shape index (κ3) is 6.03. The van der Waals surface area contributed by atoms with E-state index >= 15 is 0 Å². The van der Waals surface area contributed by atoms with E-state index in [0.29, 0.717) is 6.54 Å². The van der Waals surface area contributed by atoms with E-state index < -0.39 is 0 Å². The zero-order valence-electron chi connectivity index (χ0n) is 21.0. The van der Waals surface area contributed by atoms with Crippen LogP contribution in [0.25, 0.3) is 10.4 Å². The molecule has 0 radical (unpaired) electrons. The molecule has 2 aromatic rings. The summed E-state index contributed by atoms with van der Waals surface area (Å²) in [6.07, 6.45) is 4.92. The molecule has 1 aliphatic rings. The first-order valence-corrected chi connectivity index (χ1v) is 13.1. The first-order chi connectivity index (χ1) is 15.6. The molecule has 0 saturated carbocycles. The van der Waals surface area contributed by atoms with Crippen LogP contribution in [-0.2, 0) is 16.0 Å². The van der Waals surface area contributed by atoms with Crippen LogP contribution in [0.1, 0.15) is 84.5 Å². The van der Waals surface area contributed by atoms with Crippen molar-refractivity contribution in [2.75, 3.05) is 6.54 Å². The van der Waals surface area contributed by atoms with Gasteiger partial charge in [0, 0.05) is 12.5 Å². The van der Waals surface area contributed by atoms with Crippen LogP contribution in [-0.4, -0.2) is 34.3 Å². The van der Waals surface area contributed by atoms with Gasteiger partial charge in [-0.3, -0.25) is 9.59 Å². The number of likely N-dealkylation sites (tertiary alicyclic amines) is 1. The van der Waals surface area contributed by atoms with Crippen LogP contribution in [0.2, 0.25) is 0 Å². The van der Waals surface area contributed by atoms with Gasteiger partial charge in [0.2, 0.25) is 11.8 Å². The van der Waals surface area contributed by atoms with Crippen LogP contribution in [0.15, 0.2) is 29.8 Å². The van der Waals surface area contributed by atoms with Crippen molar-refractivity contribution in [2.24, 2.45) is 11.3 Å². The zero-order chi connectivity index (χ0) is 24.2. The summed E-state index contributed by atoms with van der Waals surface area (Å²) in [5, 5.41) is 3.15. The maximum Gasteiger partial charge on any atom is 0.243 e. The lowest BCUT2D eigenvalue weighted by atomic mass is 9.81. The van der Waals surface area contributed by atoms with E-state index in [1.165, 1.54) is 16.1 Å². The number of aromatic nitrogens is 1. The summed E-state index contributed by atoms with van der Waals surface area (Å²) in [5.74, 6) is -0.0896. The third-order valence-electron chi connectivity index (χ3n) is 6.95. The number of hydrogen-bond donors (Lipinski definition) is 1. The number of carbonyl (C=O) groups excluding carboxylic acids is 2. The molecule has 0 aliphatic carbocycles. The Morgan fingerprint density at radius 2 is 1.91 bits per heavy atom. The number of nitrogens with one attached hydrogen (secondary N) is 1. The van der Waals surface area contributed by atoms with Gasteiger partial charge in [-0.1, -0.05) is 65.3 Å². The van der Waals surface area contributed by atoms with Crippen molar-refractivity contribution in [2.45, 2.75) is 85.7 Å². The maximum absolute atomic E-state index is 13.1. The van der Waals surface area contributed by atoms with Crippen LogP contribution >= 0.6 is 11.3 Å². The standard InChI is InChI=1S/C27H39N3O2S/c1-7-8-10-22-24(33-17-28-22)21-14-12-20(13-15-21)19(3)29-25(31)23-11-9-16-30(23)26(32)18(2)27(4,5)6/h12-15,17-19,23H,7-11,16H2,1-6H3,(H,29,31)/t18-,19+,23+/m1/s1. The largest absolute Gasteiger partial charge is 0.348 e. The molecule has 2 heterocycles. The highest BCUT2D eigenvalue weighted by molar-refractivity contribution is 7.13. The topological polar surface area (TPSA) is 62.3 Å². The summed E-state index contributed by atoms with van der Waals surface area (Å²) in [5.41, 5.74) is 5.21. The van der Waals surface area contributed by atoms with Crippen LogP contribution in [0, 0.1) is 11.3 Å². The molecule has 0 bridgehead atoms. The van der Waals surface area contributed by atoms with Crippen LogP contribution in [0.5, 0.6) is 0 Å². The number of rotatable bonds is 8. The molecule has 1 aromatic carbocycles. The average Bonchev–Trinajstić information content (AvgIpc) is 3.45. The summed E-state index contributed by atoms with van der Waals surface area (Å²) in [6, 6.07) is 7.92. The average molecular weight is 470 g/mol. The Bertz CT molecular complexity index is 945. The Balaban J connectivity index is 1.65. The molecule has 1 fully saturated rings. The number of nitrogens with zero attached hydrogens (tertiary/aromatic N) is 2. The Morgan fingerprint density at radius 3 is 2.55 bits per heavy atom. The van der Waals surface area contributed by atoms with E-state index in [4.69, 9.17) is 0 Å². The van der Waals surface area contributed by atoms with E-state index in [1.54, 1.807) is 16.2 Å². The van der Waals surface area contributed by atoms with Gasteiger partial charge in [0.25, 0.3) is 0 Å². The molecule has 0 spiro atoms. The highest BCUT2D eigenvalue weighted by atomic mass is 32.1. The lowest BCUT2D eigenvalue weighted by molar-refractivity contribution is -0.144. The minimum Gasteiger partial charge on any atom is -0.348 e. The Labute approximate surface area is 203 Å². The number of carbonyl (C=O) groups is 2. The highest BCUT2D eigenvalue weighted by Gasteiger charge is 2.39. The van der Waals surface area contributed by atoms with E-state index in [2.05, 4.69) is 62.3 Å². The second-order valence-corrected chi connectivity index (χ2v) is 11.2. The van der Waals surface area contributed by atoms with Crippen molar-refractivity contribution in [3.63, 3.8) is 0 Å². The SMILES string of the molecule is CCCCc1ncsc1-c1ccc([C@H](C)NC(=O)[C@@H]2CCCN2C(=O)[C@@H](C)C(C)(C)C)cc1. The van der Waals surface area contributed by atoms with Gasteiger partial charge in [-0.25, -0.2) is 4.98 Å². The zero-order valence-corrected chi connectivity index (χ0v) is 21.8. The molecule has 5 nitrogen and oxygen atoms in total. The smallest absolute Gasteiger partial charge is 0.243 e. The maximum atomic E-state index is 13.1. The molecular weight excluding hydrogens is 430 g/mol. The van der Waals surface area contributed by atoms with E-state index in [-0.39, 0.29) is 35.2 Å². The predicted molar refractivity (Wildman–Crippen MR) is 136 cm³/mol. The normalized spacial score (nSPS) is 18.2. The molecule has 1 N–H and O–H groups in total. The summed E-state index contributed by atoms with van der Waals surface area (Å²) in [7, 11) is 0. The first-order valence-electron chi connectivity index (χ1n) is 12.3. The number of hydrogen-bond acceptors (Lipinski definition) is 4. The molecule has 6 heteroatoms. The number of benzene rings is 1. The van der Waals surface area contributed by atoms with Gasteiger partial charge in [0.05, 0.1) is 22.1 Å². The van der Waals surface area contributed by atoms with Gasteiger partial charge >= 0.3 is 0 Å². The molecular formula is C27H39N3O2S. The van der Waals surface area contributed by atoms with Crippen LogP contribution in [0.3, 0.4) is 0 Å². The second kappa shape index (κ2) is 10.8. The molecule has 3 atom stereocenters. The van der Waals surface area contributed by atoms with Crippen molar-refractivity contribution < 1.29 is 9.59 Å². The molecule has 1 saturated heterocycles. The van der Waals surface area contributed by atoms with E-state index in [9.17, 15) is 9.59 Å². The minimum absolute atomic E-state index is 0.0529. The van der Waals surface area contributed by atoms with E-state index in [1.807, 2.05) is 19.4 Å². The molecule has 0 unspecified atom stereocenters. The number of unbranched alkanes of at least 4 members (excludes halogenated alkanes) is 1.